The molecule has 2 N–H and O–H groups in total. The summed E-state index contributed by atoms with van der Waals surface area (Å²) in [6.45, 7) is -0.169. The Bertz CT molecular complexity index is 805. The number of carbonyl (C=O) groups excluding carboxylic acids is 1. The zero-order chi connectivity index (χ0) is 22.4. The normalized spacial score (nSPS) is 30.0. The van der Waals surface area contributed by atoms with Gasteiger partial charge >= 0.3 is 12.1 Å². The number of esters is 1. The van der Waals surface area contributed by atoms with Crippen LogP contribution in [0.2, 0.25) is 0 Å². The van der Waals surface area contributed by atoms with Crippen LogP contribution in [0.5, 0.6) is 5.75 Å². The van der Waals surface area contributed by atoms with E-state index in [4.69, 9.17) is 9.47 Å². The number of cyclic esters (lactones) is 1. The number of fused-ring (bicyclic) bond motifs is 1. The third kappa shape index (κ3) is 6.58. The van der Waals surface area contributed by atoms with Crippen molar-refractivity contribution in [2.75, 3.05) is 6.61 Å². The van der Waals surface area contributed by atoms with Gasteiger partial charge in [0.25, 0.3) is 0 Å². The number of allylic oxidation sites excluding steroid dienone is 2. The second-order valence-electron chi connectivity index (χ2n) is 7.96. The molecule has 0 amide bonds. The van der Waals surface area contributed by atoms with E-state index in [0.717, 1.165) is 12.1 Å². The summed E-state index contributed by atoms with van der Waals surface area (Å²) in [5, 5.41) is 20.6. The number of ether oxygens (including phenoxy) is 2. The van der Waals surface area contributed by atoms with Crippen LogP contribution in [0, 0.1) is 11.8 Å². The number of alkyl halides is 3. The topological polar surface area (TPSA) is 76.0 Å². The lowest BCUT2D eigenvalue weighted by molar-refractivity contribution is -0.148. The lowest BCUT2D eigenvalue weighted by Crippen LogP contribution is -2.25. The number of aliphatic hydroxyl groups is 2. The summed E-state index contributed by atoms with van der Waals surface area (Å²) >= 11 is 0. The Morgan fingerprint density at radius 3 is 2.71 bits per heavy atom. The molecule has 3 rings (SSSR count). The van der Waals surface area contributed by atoms with Crippen molar-refractivity contribution >= 4 is 5.97 Å². The first kappa shape index (κ1) is 23.3. The van der Waals surface area contributed by atoms with Crippen LogP contribution >= 0.6 is 0 Å². The van der Waals surface area contributed by atoms with E-state index in [0.29, 0.717) is 19.3 Å². The van der Waals surface area contributed by atoms with Crippen LogP contribution in [0.25, 0.3) is 0 Å². The van der Waals surface area contributed by atoms with Gasteiger partial charge < -0.3 is 19.7 Å². The largest absolute Gasteiger partial charge is 0.489 e. The standard InChI is InChI=1S/C23H27F3O5/c24-23(25,26)15-6-5-7-16(12-15)30-14-17-10-11-19-18(20(27)13-21(19)28)8-3-1-2-4-9-22(29)31-17/h1,3,5-7,10-12,17-21,27-28H,2,4,8-9,13-14H2/t17-,18?,19?,20-,21+/m0/s1. The van der Waals surface area contributed by atoms with Crippen LogP contribution in [-0.2, 0) is 15.7 Å². The summed E-state index contributed by atoms with van der Waals surface area (Å²) in [6, 6.07) is 4.49. The zero-order valence-electron chi connectivity index (χ0n) is 17.0. The van der Waals surface area contributed by atoms with Crippen molar-refractivity contribution in [3.63, 3.8) is 0 Å². The Morgan fingerprint density at radius 2 is 1.94 bits per heavy atom. The van der Waals surface area contributed by atoms with Crippen LogP contribution in [-0.4, -0.2) is 41.1 Å². The summed E-state index contributed by atoms with van der Waals surface area (Å²) in [5.74, 6) is -0.904. The summed E-state index contributed by atoms with van der Waals surface area (Å²) < 4.78 is 49.7. The highest BCUT2D eigenvalue weighted by atomic mass is 19.4. The van der Waals surface area contributed by atoms with Gasteiger partial charge in [-0.15, -0.1) is 0 Å². The molecule has 8 heteroatoms. The molecular formula is C23H27F3O5. The summed E-state index contributed by atoms with van der Waals surface area (Å²) in [5.41, 5.74) is -0.828. The van der Waals surface area contributed by atoms with Gasteiger partial charge in [0.05, 0.1) is 17.8 Å². The monoisotopic (exact) mass is 440 g/mol. The molecule has 1 aliphatic carbocycles. The molecule has 5 atom stereocenters. The van der Waals surface area contributed by atoms with Gasteiger partial charge in [-0.05, 0) is 49.5 Å². The number of aliphatic hydroxyl groups excluding tert-OH is 2. The van der Waals surface area contributed by atoms with E-state index in [9.17, 15) is 28.2 Å². The molecule has 1 aliphatic heterocycles. The van der Waals surface area contributed by atoms with E-state index < -0.39 is 36.0 Å². The molecule has 31 heavy (non-hydrogen) atoms. The van der Waals surface area contributed by atoms with Gasteiger partial charge in [-0.25, -0.2) is 0 Å². The SMILES string of the molecule is O=C1CCCC=CCC2C(C=C[C@@H](COc3cccc(C(F)(F)F)c3)O1)[C@H](O)C[C@@H]2O. The number of rotatable bonds is 3. The van der Waals surface area contributed by atoms with E-state index in [1.807, 2.05) is 12.2 Å². The fourth-order valence-corrected chi connectivity index (χ4v) is 3.99. The molecule has 1 aromatic rings. The highest BCUT2D eigenvalue weighted by Crippen LogP contribution is 2.36. The highest BCUT2D eigenvalue weighted by molar-refractivity contribution is 5.69. The third-order valence-corrected chi connectivity index (χ3v) is 5.65. The smallest absolute Gasteiger partial charge is 0.416 e. The maximum absolute atomic E-state index is 12.9. The number of benzene rings is 1. The molecule has 1 aromatic carbocycles. The Kier molecular flexibility index (Phi) is 7.78. The minimum Gasteiger partial charge on any atom is -0.489 e. The molecule has 5 nitrogen and oxygen atoms in total. The summed E-state index contributed by atoms with van der Waals surface area (Å²) in [7, 11) is 0. The molecule has 2 aliphatic rings. The van der Waals surface area contributed by atoms with Crippen molar-refractivity contribution in [2.24, 2.45) is 11.8 Å². The van der Waals surface area contributed by atoms with Crippen molar-refractivity contribution in [1.82, 2.24) is 0 Å². The molecule has 0 bridgehead atoms. The van der Waals surface area contributed by atoms with E-state index in [2.05, 4.69) is 0 Å². The average Bonchev–Trinajstić information content (AvgIpc) is 2.98. The fraction of sp³-hybridized carbons (Fsp3) is 0.522. The number of hydrogen-bond donors (Lipinski definition) is 2. The fourth-order valence-electron chi connectivity index (χ4n) is 3.99. The van der Waals surface area contributed by atoms with Gasteiger partial charge in [-0.1, -0.05) is 24.3 Å². The Labute approximate surface area is 179 Å². The van der Waals surface area contributed by atoms with Crippen molar-refractivity contribution < 1.29 is 37.7 Å². The Balaban J connectivity index is 1.74. The molecular weight excluding hydrogens is 413 g/mol. The quantitative estimate of drug-likeness (QED) is 0.548. The van der Waals surface area contributed by atoms with Crippen LogP contribution in [0.1, 0.15) is 37.7 Å². The molecule has 1 heterocycles. The predicted molar refractivity (Wildman–Crippen MR) is 107 cm³/mol. The van der Waals surface area contributed by atoms with Crippen molar-refractivity contribution in [3.05, 3.63) is 54.1 Å². The van der Waals surface area contributed by atoms with Gasteiger partial charge in [0.15, 0.2) is 6.10 Å². The number of carbonyl (C=O) groups is 1. The lowest BCUT2D eigenvalue weighted by Gasteiger charge is -2.21. The number of halogens is 3. The molecule has 1 saturated carbocycles. The first-order valence-electron chi connectivity index (χ1n) is 10.4. The lowest BCUT2D eigenvalue weighted by atomic mass is 9.89. The van der Waals surface area contributed by atoms with Crippen LogP contribution in [0.4, 0.5) is 13.2 Å². The second kappa shape index (κ2) is 10.3. The molecule has 0 aromatic heterocycles. The van der Waals surface area contributed by atoms with Gasteiger partial charge in [0.2, 0.25) is 0 Å². The van der Waals surface area contributed by atoms with E-state index in [-0.39, 0.29) is 37.0 Å². The summed E-state index contributed by atoms with van der Waals surface area (Å²) in [4.78, 5) is 12.2. The Morgan fingerprint density at radius 1 is 1.13 bits per heavy atom. The molecule has 2 unspecified atom stereocenters. The maximum atomic E-state index is 12.9. The molecule has 0 saturated heterocycles. The van der Waals surface area contributed by atoms with Gasteiger partial charge in [-0.3, -0.25) is 4.79 Å². The molecule has 1 fully saturated rings. The minimum absolute atomic E-state index is 0.0144. The zero-order valence-corrected chi connectivity index (χ0v) is 17.0. The second-order valence-corrected chi connectivity index (χ2v) is 7.96. The number of hydrogen-bond acceptors (Lipinski definition) is 5. The first-order chi connectivity index (χ1) is 14.7. The average molecular weight is 440 g/mol. The first-order valence-corrected chi connectivity index (χ1v) is 10.4. The van der Waals surface area contributed by atoms with Crippen LogP contribution in [0.15, 0.2) is 48.6 Å². The van der Waals surface area contributed by atoms with Gasteiger partial charge in [0, 0.05) is 18.8 Å². The van der Waals surface area contributed by atoms with Crippen molar-refractivity contribution in [2.45, 2.75) is 56.6 Å². The highest BCUT2D eigenvalue weighted by Gasteiger charge is 2.39. The van der Waals surface area contributed by atoms with Crippen molar-refractivity contribution in [3.8, 4) is 5.75 Å². The summed E-state index contributed by atoms with van der Waals surface area (Å²) in [6.07, 6.45) is 2.89. The Hall–Kier alpha value is -2.32. The predicted octanol–water partition coefficient (Wildman–Crippen LogP) is 4.04. The van der Waals surface area contributed by atoms with E-state index in [1.165, 1.54) is 12.1 Å². The van der Waals surface area contributed by atoms with E-state index >= 15 is 0 Å². The van der Waals surface area contributed by atoms with Gasteiger partial charge in [0.1, 0.15) is 12.4 Å². The minimum atomic E-state index is -4.49. The maximum Gasteiger partial charge on any atom is 0.416 e. The molecule has 170 valence electrons. The van der Waals surface area contributed by atoms with Gasteiger partial charge in [-0.2, -0.15) is 13.2 Å². The molecule has 0 spiro atoms. The van der Waals surface area contributed by atoms with Crippen molar-refractivity contribution in [1.29, 1.82) is 0 Å². The van der Waals surface area contributed by atoms with Crippen LogP contribution in [0.3, 0.4) is 0 Å². The molecule has 0 radical (unpaired) electrons. The van der Waals surface area contributed by atoms with Crippen LogP contribution < -0.4 is 4.74 Å². The van der Waals surface area contributed by atoms with E-state index in [1.54, 1.807) is 12.2 Å². The third-order valence-electron chi connectivity index (χ3n) is 5.65.